The molecule has 4 rings (SSSR count). The van der Waals surface area contributed by atoms with Gasteiger partial charge in [0.25, 0.3) is 0 Å². The largest absolute Gasteiger partial charge is 0.494 e. The second-order valence-corrected chi connectivity index (χ2v) is 9.03. The highest BCUT2D eigenvalue weighted by Crippen LogP contribution is 2.46. The van der Waals surface area contributed by atoms with Crippen LogP contribution in [0.5, 0.6) is 5.75 Å². The number of hydrogen-bond donors (Lipinski definition) is 0. The van der Waals surface area contributed by atoms with Gasteiger partial charge in [-0.05, 0) is 61.1 Å². The van der Waals surface area contributed by atoms with E-state index in [2.05, 4.69) is 6.92 Å². The molecule has 0 N–H and O–H groups in total. The Morgan fingerprint density at radius 1 is 1.03 bits per heavy atom. The first-order valence-corrected chi connectivity index (χ1v) is 11.7. The van der Waals surface area contributed by atoms with E-state index >= 15 is 0 Å². The minimum absolute atomic E-state index is 0.0442. The van der Waals surface area contributed by atoms with Crippen LogP contribution in [0.25, 0.3) is 0 Å². The monoisotopic (exact) mass is 465 g/mol. The van der Waals surface area contributed by atoms with E-state index in [0.717, 1.165) is 29.0 Å². The Morgan fingerprint density at radius 2 is 1.70 bits per heavy atom. The van der Waals surface area contributed by atoms with Gasteiger partial charge >= 0.3 is 5.97 Å². The predicted molar refractivity (Wildman–Crippen MR) is 129 cm³/mol. The third kappa shape index (κ3) is 4.74. The van der Waals surface area contributed by atoms with Crippen molar-refractivity contribution in [3.05, 3.63) is 76.0 Å². The number of allylic oxidation sites excluding steroid dienone is 1. The van der Waals surface area contributed by atoms with Crippen LogP contribution in [-0.4, -0.2) is 31.2 Å². The zero-order valence-corrected chi connectivity index (χ0v) is 19.9. The van der Waals surface area contributed by atoms with Crippen LogP contribution >= 0.6 is 11.6 Å². The highest BCUT2D eigenvalue weighted by atomic mass is 35.5. The van der Waals surface area contributed by atoms with Gasteiger partial charge in [0, 0.05) is 28.8 Å². The Kier molecular flexibility index (Phi) is 6.99. The van der Waals surface area contributed by atoms with E-state index in [4.69, 9.17) is 26.1 Å². The standard InChI is InChI=1S/C27H28ClNO4/c1-4-13-33-21-11-7-18(8-12-21)25-24(27(31)32-3)16(2)29-22-14-19(15-23(30)26(22)25)17-5-9-20(28)10-6-17/h5-12,19,25-26H,4,13-15H2,1-3H3/t19-,25+,26?/m0/s1. The number of carbonyl (C=O) groups excluding carboxylic acids is 2. The molecule has 0 amide bonds. The maximum atomic E-state index is 13.5. The highest BCUT2D eigenvalue weighted by Gasteiger charge is 2.45. The molecule has 2 aromatic rings. The number of methoxy groups -OCH3 is 1. The summed E-state index contributed by atoms with van der Waals surface area (Å²) in [7, 11) is 1.36. The predicted octanol–water partition coefficient (Wildman–Crippen LogP) is 5.88. The number of aliphatic imine (C=N–C) groups is 1. The molecule has 0 aromatic heterocycles. The van der Waals surface area contributed by atoms with Crippen LogP contribution in [0.3, 0.4) is 0 Å². The first-order valence-electron chi connectivity index (χ1n) is 11.3. The van der Waals surface area contributed by atoms with Gasteiger partial charge in [-0.25, -0.2) is 4.79 Å². The van der Waals surface area contributed by atoms with Gasteiger partial charge in [-0.3, -0.25) is 9.79 Å². The topological polar surface area (TPSA) is 65.0 Å². The van der Waals surface area contributed by atoms with Gasteiger partial charge in [0.1, 0.15) is 11.5 Å². The molecule has 172 valence electrons. The van der Waals surface area contributed by atoms with Crippen LogP contribution in [-0.2, 0) is 14.3 Å². The smallest absolute Gasteiger partial charge is 0.336 e. The molecule has 1 saturated carbocycles. The molecule has 0 bridgehead atoms. The zero-order valence-electron chi connectivity index (χ0n) is 19.1. The summed E-state index contributed by atoms with van der Waals surface area (Å²) in [6, 6.07) is 15.3. The van der Waals surface area contributed by atoms with Gasteiger partial charge < -0.3 is 9.47 Å². The number of benzene rings is 2. The molecule has 33 heavy (non-hydrogen) atoms. The summed E-state index contributed by atoms with van der Waals surface area (Å²) < 4.78 is 10.8. The number of ether oxygens (including phenoxy) is 2. The van der Waals surface area contributed by atoms with Crippen molar-refractivity contribution in [2.75, 3.05) is 13.7 Å². The van der Waals surface area contributed by atoms with Gasteiger partial charge in [-0.1, -0.05) is 42.8 Å². The molecule has 1 aliphatic heterocycles. The van der Waals surface area contributed by atoms with E-state index < -0.39 is 17.8 Å². The average molecular weight is 466 g/mol. The van der Waals surface area contributed by atoms with Crippen molar-refractivity contribution in [1.29, 1.82) is 0 Å². The molecule has 1 unspecified atom stereocenters. The molecular weight excluding hydrogens is 438 g/mol. The molecule has 2 aliphatic rings. The van der Waals surface area contributed by atoms with Crippen LogP contribution in [0, 0.1) is 5.92 Å². The summed E-state index contributed by atoms with van der Waals surface area (Å²) in [4.78, 5) is 31.1. The van der Waals surface area contributed by atoms with Crippen molar-refractivity contribution in [3.63, 3.8) is 0 Å². The van der Waals surface area contributed by atoms with Crippen LogP contribution in [0.2, 0.25) is 5.02 Å². The number of rotatable bonds is 6. The average Bonchev–Trinajstić information content (AvgIpc) is 2.82. The Balaban J connectivity index is 1.72. The summed E-state index contributed by atoms with van der Waals surface area (Å²) in [5.41, 5.74) is 3.84. The lowest BCUT2D eigenvalue weighted by atomic mass is 9.66. The third-order valence-corrected chi connectivity index (χ3v) is 6.67. The number of halogens is 1. The maximum absolute atomic E-state index is 13.5. The Bertz CT molecular complexity index is 1100. The van der Waals surface area contributed by atoms with Gasteiger partial charge in [0.05, 0.1) is 25.2 Å². The van der Waals surface area contributed by atoms with Crippen molar-refractivity contribution >= 4 is 29.1 Å². The van der Waals surface area contributed by atoms with Crippen LogP contribution in [0.15, 0.2) is 64.8 Å². The number of ketones is 1. The highest BCUT2D eigenvalue weighted by molar-refractivity contribution is 6.30. The van der Waals surface area contributed by atoms with E-state index in [1.807, 2.05) is 55.5 Å². The molecule has 2 aromatic carbocycles. The minimum atomic E-state index is -0.478. The Hall–Kier alpha value is -2.92. The molecule has 1 heterocycles. The second-order valence-electron chi connectivity index (χ2n) is 8.59. The normalized spacial score (nSPS) is 22.5. The van der Waals surface area contributed by atoms with E-state index in [1.165, 1.54) is 7.11 Å². The lowest BCUT2D eigenvalue weighted by Gasteiger charge is -2.38. The molecule has 0 spiro atoms. The number of hydrogen-bond acceptors (Lipinski definition) is 5. The van der Waals surface area contributed by atoms with Gasteiger partial charge in [-0.2, -0.15) is 0 Å². The number of esters is 1. The molecule has 5 nitrogen and oxygen atoms in total. The van der Waals surface area contributed by atoms with Gasteiger partial charge in [0.15, 0.2) is 0 Å². The summed E-state index contributed by atoms with van der Waals surface area (Å²) in [6.45, 7) is 4.51. The number of Topliss-reactive ketones (excluding diaryl/α,β-unsaturated/α-hetero) is 1. The van der Waals surface area contributed by atoms with Crippen molar-refractivity contribution < 1.29 is 19.1 Å². The van der Waals surface area contributed by atoms with Crippen molar-refractivity contribution in [1.82, 2.24) is 0 Å². The van der Waals surface area contributed by atoms with Crippen LogP contribution in [0.1, 0.15) is 56.1 Å². The van der Waals surface area contributed by atoms with Crippen molar-refractivity contribution in [2.45, 2.75) is 44.9 Å². The van der Waals surface area contributed by atoms with E-state index in [-0.39, 0.29) is 11.7 Å². The van der Waals surface area contributed by atoms with Gasteiger partial charge in [0.2, 0.25) is 0 Å². The number of carbonyl (C=O) groups is 2. The number of fused-ring (bicyclic) bond motifs is 1. The summed E-state index contributed by atoms with van der Waals surface area (Å²) in [5.74, 6) is -0.451. The zero-order chi connectivity index (χ0) is 23.5. The molecule has 0 saturated heterocycles. The fraction of sp³-hybridized carbons (Fsp3) is 0.370. The van der Waals surface area contributed by atoms with Crippen molar-refractivity contribution in [2.24, 2.45) is 10.9 Å². The Morgan fingerprint density at radius 3 is 2.33 bits per heavy atom. The fourth-order valence-electron chi connectivity index (χ4n) is 4.87. The lowest BCUT2D eigenvalue weighted by molar-refractivity contribution is -0.136. The maximum Gasteiger partial charge on any atom is 0.336 e. The molecule has 1 aliphatic carbocycles. The summed E-state index contributed by atoms with van der Waals surface area (Å²) in [6.07, 6.45) is 1.98. The molecule has 0 radical (unpaired) electrons. The lowest BCUT2D eigenvalue weighted by Crippen LogP contribution is -2.41. The quantitative estimate of drug-likeness (QED) is 0.500. The third-order valence-electron chi connectivity index (χ3n) is 6.41. The second kappa shape index (κ2) is 9.92. The summed E-state index contributed by atoms with van der Waals surface area (Å²) >= 11 is 6.05. The van der Waals surface area contributed by atoms with Gasteiger partial charge in [-0.15, -0.1) is 0 Å². The van der Waals surface area contributed by atoms with Crippen LogP contribution < -0.4 is 4.74 Å². The van der Waals surface area contributed by atoms with E-state index in [9.17, 15) is 9.59 Å². The van der Waals surface area contributed by atoms with Crippen LogP contribution in [0.4, 0.5) is 0 Å². The molecule has 6 heteroatoms. The number of nitrogens with zero attached hydrogens (tertiary/aromatic N) is 1. The molecule has 1 fully saturated rings. The summed E-state index contributed by atoms with van der Waals surface area (Å²) in [5, 5.41) is 0.668. The first kappa shape index (κ1) is 23.2. The fourth-order valence-corrected chi connectivity index (χ4v) is 5.00. The Labute approximate surface area is 199 Å². The minimum Gasteiger partial charge on any atom is -0.494 e. The van der Waals surface area contributed by atoms with E-state index in [1.54, 1.807) is 0 Å². The van der Waals surface area contributed by atoms with Crippen molar-refractivity contribution in [3.8, 4) is 5.75 Å². The molecule has 3 atom stereocenters. The SMILES string of the molecule is CCCOc1ccc([C@@H]2C(C(=O)OC)=C(C)N=C3C[C@H](c4ccc(Cl)cc4)CC(=O)C32)cc1. The molecular formula is C27H28ClNO4. The first-order chi connectivity index (χ1) is 15.9. The van der Waals surface area contributed by atoms with E-state index in [0.29, 0.717) is 35.7 Å².